The first kappa shape index (κ1) is 21.2. The van der Waals surface area contributed by atoms with Crippen molar-refractivity contribution in [3.8, 4) is 0 Å². The lowest BCUT2D eigenvalue weighted by atomic mass is 10.0. The number of nitrogens with zero attached hydrogens (tertiary/aromatic N) is 3. The van der Waals surface area contributed by atoms with Gasteiger partial charge in [-0.25, -0.2) is 0 Å². The minimum absolute atomic E-state index is 0.0946. The molecule has 2 aromatic carbocycles. The Kier molecular flexibility index (Phi) is 6.09. The van der Waals surface area contributed by atoms with Gasteiger partial charge in [0, 0.05) is 49.2 Å². The first-order chi connectivity index (χ1) is 14.4. The van der Waals surface area contributed by atoms with Gasteiger partial charge >= 0.3 is 0 Å². The summed E-state index contributed by atoms with van der Waals surface area (Å²) >= 11 is 7.67. The van der Waals surface area contributed by atoms with Gasteiger partial charge in [-0.15, -0.1) is 0 Å². The Morgan fingerprint density at radius 1 is 1.07 bits per heavy atom. The molecule has 2 aliphatic heterocycles. The first-order valence-electron chi connectivity index (χ1n) is 10.3. The maximum absolute atomic E-state index is 13.5. The number of hydrogen-bond donors (Lipinski definition) is 0. The molecule has 1 saturated heterocycles. The van der Waals surface area contributed by atoms with Gasteiger partial charge < -0.3 is 9.80 Å². The van der Waals surface area contributed by atoms with E-state index < -0.39 is 4.75 Å². The van der Waals surface area contributed by atoms with E-state index in [4.69, 9.17) is 11.6 Å². The number of anilines is 1. The highest BCUT2D eigenvalue weighted by Crippen LogP contribution is 2.46. The number of fused-ring (bicyclic) bond motifs is 1. The van der Waals surface area contributed by atoms with Crippen molar-refractivity contribution >= 4 is 40.9 Å². The molecule has 1 atom stereocenters. The molecule has 7 heteroatoms. The summed E-state index contributed by atoms with van der Waals surface area (Å²) in [6.45, 7) is 7.79. The van der Waals surface area contributed by atoms with Crippen LogP contribution in [0, 0.1) is 0 Å². The van der Waals surface area contributed by atoms with Crippen molar-refractivity contribution in [1.82, 2.24) is 9.80 Å². The van der Waals surface area contributed by atoms with Crippen LogP contribution in [0.2, 0.25) is 5.02 Å². The molecular weight excluding hydrogens is 418 g/mol. The number of piperazine rings is 1. The molecule has 2 heterocycles. The molecule has 0 spiro atoms. The Labute approximate surface area is 187 Å². The zero-order chi connectivity index (χ0) is 21.3. The number of thioether (sulfide) groups is 1. The van der Waals surface area contributed by atoms with E-state index in [1.165, 1.54) is 11.8 Å². The van der Waals surface area contributed by atoms with Crippen molar-refractivity contribution in [2.45, 2.75) is 30.0 Å². The molecule has 158 valence electrons. The van der Waals surface area contributed by atoms with E-state index in [0.717, 1.165) is 40.8 Å². The Bertz CT molecular complexity index is 961. The average Bonchev–Trinajstić information content (AvgIpc) is 2.76. The lowest BCUT2D eigenvalue weighted by Gasteiger charge is -2.43. The van der Waals surface area contributed by atoms with E-state index in [2.05, 4.69) is 4.90 Å². The maximum Gasteiger partial charge on any atom is 0.252 e. The fourth-order valence-corrected chi connectivity index (χ4v) is 5.60. The number of carbonyl (C=O) groups excluding carboxylic acids is 2. The Morgan fingerprint density at radius 2 is 1.73 bits per heavy atom. The van der Waals surface area contributed by atoms with Gasteiger partial charge in [-0.05, 0) is 37.6 Å². The Hall–Kier alpha value is -2.02. The second-order valence-electron chi connectivity index (χ2n) is 7.81. The summed E-state index contributed by atoms with van der Waals surface area (Å²) < 4.78 is -1.13. The van der Waals surface area contributed by atoms with Crippen LogP contribution < -0.4 is 4.90 Å². The molecule has 1 fully saturated rings. The lowest BCUT2D eigenvalue weighted by molar-refractivity contribution is -0.139. The van der Waals surface area contributed by atoms with Crippen molar-refractivity contribution in [3.05, 3.63) is 59.1 Å². The summed E-state index contributed by atoms with van der Waals surface area (Å²) in [5.41, 5.74) is 1.99. The van der Waals surface area contributed by atoms with Crippen LogP contribution in [0.3, 0.4) is 0 Å². The molecule has 0 aliphatic carbocycles. The number of benzene rings is 2. The number of carbonyl (C=O) groups is 2. The average molecular weight is 444 g/mol. The van der Waals surface area contributed by atoms with Crippen molar-refractivity contribution in [3.63, 3.8) is 0 Å². The van der Waals surface area contributed by atoms with E-state index >= 15 is 0 Å². The van der Waals surface area contributed by atoms with E-state index in [-0.39, 0.29) is 11.8 Å². The molecule has 4 rings (SSSR count). The van der Waals surface area contributed by atoms with Gasteiger partial charge in [0.25, 0.3) is 5.91 Å². The lowest BCUT2D eigenvalue weighted by Crippen LogP contribution is -2.60. The second kappa shape index (κ2) is 8.61. The fourth-order valence-electron chi connectivity index (χ4n) is 4.12. The second-order valence-corrected chi connectivity index (χ2v) is 9.68. The van der Waals surface area contributed by atoms with Gasteiger partial charge in [-0.3, -0.25) is 14.5 Å². The monoisotopic (exact) mass is 443 g/mol. The summed E-state index contributed by atoms with van der Waals surface area (Å²) in [5.74, 6) is -0.222. The van der Waals surface area contributed by atoms with Gasteiger partial charge in [-0.2, -0.15) is 0 Å². The molecule has 2 aliphatic rings. The quantitative estimate of drug-likeness (QED) is 0.672. The minimum Gasteiger partial charge on any atom is -0.338 e. The van der Waals surface area contributed by atoms with Crippen LogP contribution in [0.25, 0.3) is 0 Å². The van der Waals surface area contributed by atoms with Crippen LogP contribution in [0.15, 0.2) is 53.4 Å². The van der Waals surface area contributed by atoms with Gasteiger partial charge in [-0.1, -0.05) is 53.7 Å². The number of para-hydroxylation sites is 1. The SMILES string of the molecule is CCN1C(=O)C(C)(C(=O)N2CCN(Cc3ccccc3Cl)CC2)Sc2ccccc21. The van der Waals surface area contributed by atoms with Gasteiger partial charge in [0.05, 0.1) is 5.69 Å². The van der Waals surface area contributed by atoms with Crippen LogP contribution >= 0.6 is 23.4 Å². The highest BCUT2D eigenvalue weighted by Gasteiger charge is 2.50. The third-order valence-electron chi connectivity index (χ3n) is 5.86. The number of rotatable bonds is 4. The van der Waals surface area contributed by atoms with Crippen LogP contribution in [0.4, 0.5) is 5.69 Å². The van der Waals surface area contributed by atoms with E-state index in [0.29, 0.717) is 19.6 Å². The van der Waals surface area contributed by atoms with Crippen molar-refractivity contribution in [2.24, 2.45) is 0 Å². The molecule has 0 radical (unpaired) electrons. The molecule has 2 amide bonds. The van der Waals surface area contributed by atoms with Gasteiger partial charge in [0.2, 0.25) is 5.91 Å². The fraction of sp³-hybridized carbons (Fsp3) is 0.391. The zero-order valence-electron chi connectivity index (χ0n) is 17.3. The third-order valence-corrected chi connectivity index (χ3v) is 7.55. The molecule has 0 bridgehead atoms. The van der Waals surface area contributed by atoms with Crippen LogP contribution in [0.1, 0.15) is 19.4 Å². The normalized spacial score (nSPS) is 22.2. The van der Waals surface area contributed by atoms with E-state index in [9.17, 15) is 9.59 Å². The predicted octanol–water partition coefficient (Wildman–Crippen LogP) is 3.90. The number of amides is 2. The molecule has 0 saturated carbocycles. The minimum atomic E-state index is -1.13. The largest absolute Gasteiger partial charge is 0.338 e. The number of halogens is 1. The van der Waals surface area contributed by atoms with Gasteiger partial charge in [0.1, 0.15) is 0 Å². The Morgan fingerprint density at radius 3 is 2.43 bits per heavy atom. The van der Waals surface area contributed by atoms with Crippen molar-refractivity contribution < 1.29 is 9.59 Å². The first-order valence-corrected chi connectivity index (χ1v) is 11.5. The van der Waals surface area contributed by atoms with Crippen molar-refractivity contribution in [2.75, 3.05) is 37.6 Å². The standard InChI is InChI=1S/C23H26ClN3O2S/c1-3-27-19-10-6-7-11-20(19)30-23(2,22(27)29)21(28)26-14-12-25(13-15-26)16-17-8-4-5-9-18(17)24/h4-11H,3,12-16H2,1-2H3. The summed E-state index contributed by atoms with van der Waals surface area (Å²) in [7, 11) is 0. The molecule has 0 N–H and O–H groups in total. The predicted molar refractivity (Wildman–Crippen MR) is 122 cm³/mol. The van der Waals surface area contributed by atoms with Crippen molar-refractivity contribution in [1.29, 1.82) is 0 Å². The zero-order valence-corrected chi connectivity index (χ0v) is 18.9. The van der Waals surface area contributed by atoms with E-state index in [1.54, 1.807) is 11.8 Å². The van der Waals surface area contributed by atoms with Crippen LogP contribution in [-0.2, 0) is 16.1 Å². The third kappa shape index (κ3) is 3.84. The Balaban J connectivity index is 1.46. The molecule has 30 heavy (non-hydrogen) atoms. The molecular formula is C23H26ClN3O2S. The summed E-state index contributed by atoms with van der Waals surface area (Å²) in [5, 5.41) is 0.769. The molecule has 0 aromatic heterocycles. The van der Waals surface area contributed by atoms with Crippen LogP contribution in [-0.4, -0.2) is 59.1 Å². The van der Waals surface area contributed by atoms with Crippen LogP contribution in [0.5, 0.6) is 0 Å². The number of hydrogen-bond acceptors (Lipinski definition) is 4. The molecule has 2 aromatic rings. The highest BCUT2D eigenvalue weighted by atomic mass is 35.5. The molecule has 5 nitrogen and oxygen atoms in total. The smallest absolute Gasteiger partial charge is 0.252 e. The van der Waals surface area contributed by atoms with Gasteiger partial charge in [0.15, 0.2) is 4.75 Å². The summed E-state index contributed by atoms with van der Waals surface area (Å²) in [6.07, 6.45) is 0. The molecule has 1 unspecified atom stereocenters. The summed E-state index contributed by atoms with van der Waals surface area (Å²) in [4.78, 5) is 33.7. The summed E-state index contributed by atoms with van der Waals surface area (Å²) in [6, 6.07) is 15.7. The topological polar surface area (TPSA) is 43.9 Å². The highest BCUT2D eigenvalue weighted by molar-refractivity contribution is 8.02. The van der Waals surface area contributed by atoms with E-state index in [1.807, 2.05) is 60.4 Å². The maximum atomic E-state index is 13.5.